The third kappa shape index (κ3) is 3.21. The molecule has 1 aliphatic carbocycles. The van der Waals surface area contributed by atoms with E-state index >= 15 is 0 Å². The minimum atomic E-state index is 0.0550. The van der Waals surface area contributed by atoms with E-state index in [0.717, 1.165) is 11.1 Å². The lowest BCUT2D eigenvalue weighted by Gasteiger charge is -2.44. The molecule has 0 bridgehead atoms. The van der Waals surface area contributed by atoms with Gasteiger partial charge in [-0.3, -0.25) is 0 Å². The fourth-order valence-corrected chi connectivity index (χ4v) is 4.85. The molecule has 0 unspecified atom stereocenters. The fourth-order valence-electron chi connectivity index (χ4n) is 4.85. The Labute approximate surface area is 177 Å². The van der Waals surface area contributed by atoms with Crippen LogP contribution in [0.3, 0.4) is 0 Å². The highest BCUT2D eigenvalue weighted by molar-refractivity contribution is 6.08. The molecule has 1 N–H and O–H groups in total. The van der Waals surface area contributed by atoms with Crippen molar-refractivity contribution in [3.05, 3.63) is 88.5 Å². The monoisotopic (exact) mass is 385 g/mol. The van der Waals surface area contributed by atoms with Crippen molar-refractivity contribution < 1.29 is 0 Å². The first-order chi connectivity index (χ1) is 13.4. The molecule has 0 aromatic heterocycles. The third-order valence-corrected chi connectivity index (χ3v) is 7.96. The van der Waals surface area contributed by atoms with Crippen molar-refractivity contribution in [1.82, 2.24) is 0 Å². The molecule has 0 amide bonds. The summed E-state index contributed by atoms with van der Waals surface area (Å²) in [7, 11) is 0. The number of rotatable bonds is 4. The molecule has 3 rings (SSSR count). The quantitative estimate of drug-likeness (QED) is 0.412. The van der Waals surface area contributed by atoms with Gasteiger partial charge in [0.1, 0.15) is 0 Å². The van der Waals surface area contributed by atoms with Gasteiger partial charge >= 0.3 is 0 Å². The van der Waals surface area contributed by atoms with Gasteiger partial charge in [-0.25, -0.2) is 0 Å². The molecule has 2 aromatic rings. The summed E-state index contributed by atoms with van der Waals surface area (Å²) in [5.74, 6) is 0. The molecule has 0 saturated heterocycles. The second-order valence-electron chi connectivity index (χ2n) is 9.94. The van der Waals surface area contributed by atoms with Crippen LogP contribution in [0.2, 0.25) is 0 Å². The largest absolute Gasteiger partial charge is 0.300 e. The van der Waals surface area contributed by atoms with Crippen LogP contribution in [-0.2, 0) is 10.8 Å². The minimum absolute atomic E-state index is 0.0550. The Bertz CT molecular complexity index is 998. The molecular formula is C28H35N. The minimum Gasteiger partial charge on any atom is -0.300 e. The maximum absolute atomic E-state index is 8.78. The first-order valence-corrected chi connectivity index (χ1v) is 10.6. The van der Waals surface area contributed by atoms with Crippen LogP contribution in [0.4, 0.5) is 0 Å². The maximum Gasteiger partial charge on any atom is 0.0615 e. The predicted octanol–water partition coefficient (Wildman–Crippen LogP) is 7.70. The first kappa shape index (κ1) is 21.3. The van der Waals surface area contributed by atoms with E-state index in [4.69, 9.17) is 5.41 Å². The van der Waals surface area contributed by atoms with Gasteiger partial charge in [0.25, 0.3) is 0 Å². The number of benzene rings is 2. The van der Waals surface area contributed by atoms with Crippen LogP contribution in [0.15, 0.2) is 66.3 Å². The molecule has 29 heavy (non-hydrogen) atoms. The Morgan fingerprint density at radius 3 is 1.97 bits per heavy atom. The molecular weight excluding hydrogens is 350 g/mol. The van der Waals surface area contributed by atoms with E-state index in [1.807, 2.05) is 12.1 Å². The van der Waals surface area contributed by atoms with Gasteiger partial charge in [-0.15, -0.1) is 0 Å². The lowest BCUT2D eigenvalue weighted by atomic mass is 9.59. The Morgan fingerprint density at radius 1 is 0.793 bits per heavy atom. The van der Waals surface area contributed by atoms with Crippen molar-refractivity contribution in [2.75, 3.05) is 0 Å². The third-order valence-electron chi connectivity index (χ3n) is 7.96. The molecule has 152 valence electrons. The van der Waals surface area contributed by atoms with Gasteiger partial charge in [-0.05, 0) is 75.6 Å². The average Bonchev–Trinajstić information content (AvgIpc) is 2.78. The molecule has 0 fully saturated rings. The average molecular weight is 386 g/mol. The summed E-state index contributed by atoms with van der Waals surface area (Å²) >= 11 is 0. The molecule has 1 aliphatic rings. The van der Waals surface area contributed by atoms with E-state index in [9.17, 15) is 0 Å². The van der Waals surface area contributed by atoms with Crippen LogP contribution in [0, 0.1) is 10.8 Å². The highest BCUT2D eigenvalue weighted by atomic mass is 14.6. The van der Waals surface area contributed by atoms with E-state index in [1.54, 1.807) is 0 Å². The molecule has 0 saturated carbocycles. The lowest BCUT2D eigenvalue weighted by molar-refractivity contribution is 0.125. The fraction of sp³-hybridized carbons (Fsp3) is 0.393. The van der Waals surface area contributed by atoms with E-state index in [-0.39, 0.29) is 16.2 Å². The zero-order valence-corrected chi connectivity index (χ0v) is 19.3. The molecule has 0 atom stereocenters. The number of fused-ring (bicyclic) bond motifs is 1. The molecule has 1 nitrogen and oxygen atoms in total. The topological polar surface area (TPSA) is 23.9 Å². The Hall–Kier alpha value is -2.41. The second-order valence-corrected chi connectivity index (χ2v) is 9.94. The summed E-state index contributed by atoms with van der Waals surface area (Å²) in [6.45, 7) is 18.3. The van der Waals surface area contributed by atoms with Gasteiger partial charge in [0.05, 0.1) is 5.71 Å². The zero-order chi connectivity index (χ0) is 21.6. The second kappa shape index (κ2) is 7.13. The summed E-state index contributed by atoms with van der Waals surface area (Å²) in [5, 5.41) is 8.78. The van der Waals surface area contributed by atoms with Crippen molar-refractivity contribution in [1.29, 1.82) is 5.41 Å². The Balaban J connectivity index is 2.00. The van der Waals surface area contributed by atoms with Gasteiger partial charge < -0.3 is 5.41 Å². The smallest absolute Gasteiger partial charge is 0.0615 e. The summed E-state index contributed by atoms with van der Waals surface area (Å²) < 4.78 is 0. The van der Waals surface area contributed by atoms with Crippen LogP contribution in [-0.4, -0.2) is 5.71 Å². The van der Waals surface area contributed by atoms with Crippen LogP contribution in [0.5, 0.6) is 0 Å². The van der Waals surface area contributed by atoms with Gasteiger partial charge in [-0.1, -0.05) is 90.1 Å². The van der Waals surface area contributed by atoms with E-state index in [0.29, 0.717) is 5.71 Å². The van der Waals surface area contributed by atoms with Crippen molar-refractivity contribution in [2.24, 2.45) is 5.41 Å². The van der Waals surface area contributed by atoms with Crippen molar-refractivity contribution >= 4 is 11.3 Å². The Morgan fingerprint density at radius 2 is 1.38 bits per heavy atom. The molecule has 0 spiro atoms. The number of hydrogen-bond donors (Lipinski definition) is 1. The highest BCUT2D eigenvalue weighted by Gasteiger charge is 2.56. The van der Waals surface area contributed by atoms with Crippen LogP contribution < -0.4 is 0 Å². The van der Waals surface area contributed by atoms with Crippen molar-refractivity contribution in [3.63, 3.8) is 0 Å². The standard InChI is InChI=1S/C28H35N/c1-9-22(20-13-11-10-12-14-20)19(2)17-25(29)21-15-16-23-24(18-21)27(5,6)28(7,8)26(23,3)4/h9-18,29H,1-8H3/b19-17-,22-9+,29-25?. The molecule has 1 heteroatoms. The predicted molar refractivity (Wildman–Crippen MR) is 127 cm³/mol. The highest BCUT2D eigenvalue weighted by Crippen LogP contribution is 2.61. The van der Waals surface area contributed by atoms with Crippen LogP contribution >= 0.6 is 0 Å². The number of allylic oxidation sites excluding steroid dienone is 4. The van der Waals surface area contributed by atoms with Crippen LogP contribution in [0.25, 0.3) is 5.57 Å². The first-order valence-electron chi connectivity index (χ1n) is 10.6. The molecule has 0 radical (unpaired) electrons. The van der Waals surface area contributed by atoms with E-state index < -0.39 is 0 Å². The normalized spacial score (nSPS) is 19.7. The number of hydrogen-bond acceptors (Lipinski definition) is 1. The Kier molecular flexibility index (Phi) is 5.24. The number of nitrogens with one attached hydrogen (secondary N) is 1. The summed E-state index contributed by atoms with van der Waals surface area (Å²) in [6, 6.07) is 17.0. The molecule has 0 aliphatic heterocycles. The van der Waals surface area contributed by atoms with Gasteiger partial charge in [-0.2, -0.15) is 0 Å². The molecule has 2 aromatic carbocycles. The lowest BCUT2D eigenvalue weighted by Crippen LogP contribution is -2.42. The SMILES string of the molecule is C/C=C(\C(C)=C/C(=N)c1ccc2c(c1)C(C)(C)C(C)(C)C2(C)C)c1ccccc1. The zero-order valence-electron chi connectivity index (χ0n) is 19.3. The van der Waals surface area contributed by atoms with Gasteiger partial charge in [0.2, 0.25) is 0 Å². The van der Waals surface area contributed by atoms with E-state index in [2.05, 4.69) is 104 Å². The van der Waals surface area contributed by atoms with Crippen molar-refractivity contribution in [2.45, 2.75) is 66.2 Å². The van der Waals surface area contributed by atoms with Gasteiger partial charge in [0.15, 0.2) is 0 Å². The van der Waals surface area contributed by atoms with Crippen molar-refractivity contribution in [3.8, 4) is 0 Å². The summed E-state index contributed by atoms with van der Waals surface area (Å²) in [6.07, 6.45) is 4.13. The van der Waals surface area contributed by atoms with Crippen LogP contribution in [0.1, 0.15) is 77.6 Å². The summed E-state index contributed by atoms with van der Waals surface area (Å²) in [4.78, 5) is 0. The van der Waals surface area contributed by atoms with E-state index in [1.165, 1.54) is 22.3 Å². The maximum atomic E-state index is 8.78. The van der Waals surface area contributed by atoms with Gasteiger partial charge in [0, 0.05) is 0 Å². The summed E-state index contributed by atoms with van der Waals surface area (Å²) in [5.41, 5.74) is 8.15. The molecule has 0 heterocycles.